The highest BCUT2D eigenvalue weighted by Gasteiger charge is 2.38. The predicted molar refractivity (Wildman–Crippen MR) is 56.8 cm³/mol. The minimum atomic E-state index is 0. The fourth-order valence-electron chi connectivity index (χ4n) is 2.25. The number of anilines is 1. The summed E-state index contributed by atoms with van der Waals surface area (Å²) in [6, 6.07) is 3.14. The number of nitrogens with one attached hydrogen (secondary N) is 1. The van der Waals surface area contributed by atoms with Crippen LogP contribution in [0, 0.1) is 0 Å². The summed E-state index contributed by atoms with van der Waals surface area (Å²) in [5, 5.41) is 3.46. The van der Waals surface area contributed by atoms with Gasteiger partial charge in [0.2, 0.25) is 5.95 Å². The van der Waals surface area contributed by atoms with E-state index in [1.54, 1.807) is 0 Å². The minimum absolute atomic E-state index is 0. The highest BCUT2D eigenvalue weighted by Crippen LogP contribution is 2.26. The van der Waals surface area contributed by atoms with Crippen LogP contribution in [0.5, 0.6) is 0 Å². The van der Waals surface area contributed by atoms with Crippen LogP contribution in [0.3, 0.4) is 0 Å². The molecule has 0 unspecified atom stereocenters. The first-order valence-electron chi connectivity index (χ1n) is 4.70. The third-order valence-electron chi connectivity index (χ3n) is 2.87. The fourth-order valence-corrected chi connectivity index (χ4v) is 2.25. The fraction of sp³-hybridized carbons (Fsp3) is 0.556. The standard InChI is InChI=1S/C9H12N4.ClH/c1-2-10-9(11-3-1)13-6-7-4-8(13)5-12-7;/h1-3,7-8,12H,4-6H2;1H/t7-,8-;/m0./s1. The van der Waals surface area contributed by atoms with Crippen molar-refractivity contribution < 1.29 is 0 Å². The van der Waals surface area contributed by atoms with Crippen molar-refractivity contribution in [1.82, 2.24) is 15.3 Å². The van der Waals surface area contributed by atoms with Crippen LogP contribution < -0.4 is 10.2 Å². The number of halogens is 1. The second-order valence-corrected chi connectivity index (χ2v) is 3.70. The van der Waals surface area contributed by atoms with E-state index in [9.17, 15) is 0 Å². The molecule has 3 rings (SSSR count). The first-order valence-corrected chi connectivity index (χ1v) is 4.70. The lowest BCUT2D eigenvalue weighted by atomic mass is 10.2. The molecule has 1 aromatic rings. The lowest BCUT2D eigenvalue weighted by Gasteiger charge is -2.26. The Hall–Kier alpha value is -0.870. The van der Waals surface area contributed by atoms with Gasteiger partial charge < -0.3 is 10.2 Å². The SMILES string of the molecule is Cl.c1cnc(N2C[C@@H]3C[C@H]2CN3)nc1. The van der Waals surface area contributed by atoms with E-state index < -0.39 is 0 Å². The van der Waals surface area contributed by atoms with Crippen molar-refractivity contribution in [2.75, 3.05) is 18.0 Å². The summed E-state index contributed by atoms with van der Waals surface area (Å²) in [5.74, 6) is 0.886. The van der Waals surface area contributed by atoms with Gasteiger partial charge in [0.05, 0.1) is 0 Å². The highest BCUT2D eigenvalue weighted by molar-refractivity contribution is 5.85. The van der Waals surface area contributed by atoms with Crippen molar-refractivity contribution in [1.29, 1.82) is 0 Å². The molecule has 0 saturated carbocycles. The molecule has 14 heavy (non-hydrogen) atoms. The Morgan fingerprint density at radius 2 is 2.14 bits per heavy atom. The second kappa shape index (κ2) is 3.71. The van der Waals surface area contributed by atoms with Gasteiger partial charge in [-0.25, -0.2) is 9.97 Å². The largest absolute Gasteiger partial charge is 0.335 e. The zero-order chi connectivity index (χ0) is 8.67. The maximum atomic E-state index is 4.27. The Kier molecular flexibility index (Phi) is 2.56. The number of piperazine rings is 1. The normalized spacial score (nSPS) is 29.0. The summed E-state index contributed by atoms with van der Waals surface area (Å²) in [6.45, 7) is 2.15. The monoisotopic (exact) mass is 212 g/mol. The molecule has 0 aromatic carbocycles. The van der Waals surface area contributed by atoms with Crippen LogP contribution in [0.15, 0.2) is 18.5 Å². The van der Waals surface area contributed by atoms with Crippen molar-refractivity contribution in [3.63, 3.8) is 0 Å². The van der Waals surface area contributed by atoms with Gasteiger partial charge in [-0.2, -0.15) is 0 Å². The van der Waals surface area contributed by atoms with Gasteiger partial charge in [0.15, 0.2) is 0 Å². The Bertz CT molecular complexity index is 305. The molecule has 0 spiro atoms. The molecule has 1 aromatic heterocycles. The molecular weight excluding hydrogens is 200 g/mol. The molecule has 0 radical (unpaired) electrons. The van der Waals surface area contributed by atoms with E-state index in [0.717, 1.165) is 19.0 Å². The summed E-state index contributed by atoms with van der Waals surface area (Å²) < 4.78 is 0. The van der Waals surface area contributed by atoms with Crippen LogP contribution in [0.4, 0.5) is 5.95 Å². The topological polar surface area (TPSA) is 41.1 Å². The van der Waals surface area contributed by atoms with Crippen LogP contribution in [-0.4, -0.2) is 35.1 Å². The summed E-state index contributed by atoms with van der Waals surface area (Å²) in [5.41, 5.74) is 0. The first kappa shape index (κ1) is 9.68. The molecular formula is C9H13ClN4. The van der Waals surface area contributed by atoms with Gasteiger partial charge in [-0.1, -0.05) is 0 Å². The quantitative estimate of drug-likeness (QED) is 0.734. The predicted octanol–water partition coefficient (Wildman–Crippen LogP) is 0.449. The molecule has 3 heterocycles. The van der Waals surface area contributed by atoms with Crippen LogP contribution >= 0.6 is 12.4 Å². The number of hydrogen-bond donors (Lipinski definition) is 1. The number of hydrogen-bond acceptors (Lipinski definition) is 4. The number of fused-ring (bicyclic) bond motifs is 2. The van der Waals surface area contributed by atoms with Crippen LogP contribution in [0.25, 0.3) is 0 Å². The molecule has 5 heteroatoms. The van der Waals surface area contributed by atoms with E-state index in [1.165, 1.54) is 6.42 Å². The molecule has 0 amide bonds. The van der Waals surface area contributed by atoms with Gasteiger partial charge in [-0.15, -0.1) is 12.4 Å². The Labute approximate surface area is 89.1 Å². The van der Waals surface area contributed by atoms with Gasteiger partial charge in [-0.05, 0) is 12.5 Å². The van der Waals surface area contributed by atoms with Crippen molar-refractivity contribution in [3.8, 4) is 0 Å². The molecule has 4 nitrogen and oxygen atoms in total. The molecule has 2 atom stereocenters. The average Bonchev–Trinajstić information content (AvgIpc) is 2.80. The summed E-state index contributed by atoms with van der Waals surface area (Å²) >= 11 is 0. The Morgan fingerprint density at radius 3 is 2.71 bits per heavy atom. The third-order valence-corrected chi connectivity index (χ3v) is 2.87. The van der Waals surface area contributed by atoms with E-state index in [2.05, 4.69) is 20.2 Å². The molecule has 2 saturated heterocycles. The van der Waals surface area contributed by atoms with E-state index >= 15 is 0 Å². The lowest BCUT2D eigenvalue weighted by Crippen LogP contribution is -2.44. The van der Waals surface area contributed by atoms with Gasteiger partial charge in [0.1, 0.15) is 0 Å². The van der Waals surface area contributed by atoms with Gasteiger partial charge in [-0.3, -0.25) is 0 Å². The summed E-state index contributed by atoms with van der Waals surface area (Å²) in [7, 11) is 0. The van der Waals surface area contributed by atoms with Crippen molar-refractivity contribution in [3.05, 3.63) is 18.5 Å². The number of aromatic nitrogens is 2. The zero-order valence-corrected chi connectivity index (χ0v) is 8.57. The molecule has 2 bridgehead atoms. The smallest absolute Gasteiger partial charge is 0.225 e. The van der Waals surface area contributed by atoms with Crippen LogP contribution in [-0.2, 0) is 0 Å². The summed E-state index contributed by atoms with van der Waals surface area (Å²) in [6.07, 6.45) is 4.86. The molecule has 1 N–H and O–H groups in total. The molecule has 2 aliphatic rings. The average molecular weight is 213 g/mol. The van der Waals surface area contributed by atoms with E-state index in [-0.39, 0.29) is 12.4 Å². The van der Waals surface area contributed by atoms with Crippen LogP contribution in [0.2, 0.25) is 0 Å². The Balaban J connectivity index is 0.000000750. The van der Waals surface area contributed by atoms with Gasteiger partial charge >= 0.3 is 0 Å². The van der Waals surface area contributed by atoms with Crippen molar-refractivity contribution >= 4 is 18.4 Å². The second-order valence-electron chi connectivity index (χ2n) is 3.70. The Morgan fingerprint density at radius 1 is 1.36 bits per heavy atom. The highest BCUT2D eigenvalue weighted by atomic mass is 35.5. The van der Waals surface area contributed by atoms with Gasteiger partial charge in [0, 0.05) is 37.6 Å². The third kappa shape index (κ3) is 1.44. The first-order chi connectivity index (χ1) is 6.43. The van der Waals surface area contributed by atoms with Crippen molar-refractivity contribution in [2.45, 2.75) is 18.5 Å². The van der Waals surface area contributed by atoms with Crippen molar-refractivity contribution in [2.24, 2.45) is 0 Å². The van der Waals surface area contributed by atoms with E-state index in [1.807, 2.05) is 18.5 Å². The van der Waals surface area contributed by atoms with E-state index in [4.69, 9.17) is 0 Å². The molecule has 2 fully saturated rings. The lowest BCUT2D eigenvalue weighted by molar-refractivity contribution is 0.572. The minimum Gasteiger partial charge on any atom is -0.335 e. The van der Waals surface area contributed by atoms with E-state index in [0.29, 0.717) is 12.1 Å². The maximum Gasteiger partial charge on any atom is 0.225 e. The zero-order valence-electron chi connectivity index (χ0n) is 7.76. The molecule has 76 valence electrons. The summed E-state index contributed by atoms with van der Waals surface area (Å²) in [4.78, 5) is 10.8. The maximum absolute atomic E-state index is 4.27. The van der Waals surface area contributed by atoms with Gasteiger partial charge in [0.25, 0.3) is 0 Å². The number of rotatable bonds is 1. The molecule has 0 aliphatic carbocycles. The van der Waals surface area contributed by atoms with Crippen LogP contribution in [0.1, 0.15) is 6.42 Å². The molecule has 2 aliphatic heterocycles. The number of nitrogens with zero attached hydrogens (tertiary/aromatic N) is 3.